The zero-order chi connectivity index (χ0) is 20.7. The Hall–Kier alpha value is -2.30. The molecule has 2 aromatic rings. The van der Waals surface area contributed by atoms with E-state index in [0.717, 1.165) is 12.1 Å². The van der Waals surface area contributed by atoms with Gasteiger partial charge in [0.05, 0.1) is 10.5 Å². The van der Waals surface area contributed by atoms with Crippen LogP contribution in [0.15, 0.2) is 47.4 Å². The minimum Gasteiger partial charge on any atom is -0.374 e. The summed E-state index contributed by atoms with van der Waals surface area (Å²) in [6, 6.07) is 8.45. The molecule has 0 aliphatic carbocycles. The summed E-state index contributed by atoms with van der Waals surface area (Å²) in [5.74, 6) is -0.327. The van der Waals surface area contributed by atoms with Crippen LogP contribution < -0.4 is 15.4 Å². The first-order valence-corrected chi connectivity index (χ1v) is 9.97. The summed E-state index contributed by atoms with van der Waals surface area (Å²) >= 11 is 5.93. The topological polar surface area (TPSA) is 92.5 Å². The molecule has 1 amide bonds. The van der Waals surface area contributed by atoms with Crippen LogP contribution in [0.5, 0.6) is 0 Å². The number of amides is 1. The summed E-state index contributed by atoms with van der Waals surface area (Å²) in [5.41, 5.74) is -0.842. The van der Waals surface area contributed by atoms with Gasteiger partial charge >= 0.3 is 6.18 Å². The monoisotopic (exact) mass is 433 g/mol. The van der Waals surface area contributed by atoms with Crippen LogP contribution in [0.2, 0.25) is 5.02 Å². The number of carbonyl (C=O) groups excluding carboxylic acids is 1. The fourth-order valence-electron chi connectivity index (χ4n) is 3.00. The Labute approximate surface area is 164 Å². The van der Waals surface area contributed by atoms with Gasteiger partial charge in [-0.2, -0.15) is 13.2 Å². The Bertz CT molecular complexity index is 1030. The molecular formula is C17H15ClF3N3O3S. The second-order valence-electron chi connectivity index (χ2n) is 6.21. The van der Waals surface area contributed by atoms with E-state index in [1.165, 1.54) is 4.90 Å². The first kappa shape index (κ1) is 20.4. The minimum atomic E-state index is -4.92. The number of anilines is 2. The lowest BCUT2D eigenvalue weighted by atomic mass is 10.1. The highest BCUT2D eigenvalue weighted by Gasteiger charge is 2.38. The number of carbonyl (C=O) groups is 1. The van der Waals surface area contributed by atoms with Crippen molar-refractivity contribution in [3.8, 4) is 0 Å². The Morgan fingerprint density at radius 1 is 1.18 bits per heavy atom. The number of rotatable bonds is 4. The van der Waals surface area contributed by atoms with Crippen LogP contribution in [-0.4, -0.2) is 26.9 Å². The Balaban J connectivity index is 1.85. The van der Waals surface area contributed by atoms with Gasteiger partial charge in [0.2, 0.25) is 15.9 Å². The molecule has 3 rings (SSSR count). The van der Waals surface area contributed by atoms with Crippen LogP contribution in [0.1, 0.15) is 12.0 Å². The molecule has 1 saturated heterocycles. The average Bonchev–Trinajstić information content (AvgIpc) is 2.94. The van der Waals surface area contributed by atoms with Crippen molar-refractivity contribution in [3.05, 3.63) is 53.1 Å². The number of halogens is 4. The van der Waals surface area contributed by atoms with Gasteiger partial charge in [-0.05, 0) is 42.8 Å². The van der Waals surface area contributed by atoms with Gasteiger partial charge in [-0.1, -0.05) is 17.7 Å². The normalized spacial score (nSPS) is 17.8. The number of sulfonamides is 1. The Morgan fingerprint density at radius 3 is 2.50 bits per heavy atom. The van der Waals surface area contributed by atoms with Crippen molar-refractivity contribution in [1.82, 2.24) is 0 Å². The van der Waals surface area contributed by atoms with Gasteiger partial charge in [0.1, 0.15) is 6.04 Å². The van der Waals surface area contributed by atoms with Crippen molar-refractivity contribution in [2.75, 3.05) is 16.8 Å². The molecule has 0 spiro atoms. The zero-order valence-electron chi connectivity index (χ0n) is 14.2. The standard InChI is InChI=1S/C17H15ClF3N3O3S/c18-10-2-1-3-12(8-10)24-7-6-14(16(24)25)23-11-4-5-15(28(22,26)27)13(9-11)17(19,20)21/h1-5,8-9,14,23H,6-7H2,(H2,22,26,27). The zero-order valence-corrected chi connectivity index (χ0v) is 15.8. The summed E-state index contributed by atoms with van der Waals surface area (Å²) in [4.78, 5) is 13.1. The maximum atomic E-state index is 13.2. The molecule has 1 aliphatic rings. The molecule has 1 heterocycles. The molecule has 1 fully saturated rings. The van der Waals surface area contributed by atoms with Crippen LogP contribution in [-0.2, 0) is 21.0 Å². The number of hydrogen-bond acceptors (Lipinski definition) is 4. The second-order valence-corrected chi connectivity index (χ2v) is 8.18. The quantitative estimate of drug-likeness (QED) is 0.774. The van der Waals surface area contributed by atoms with Crippen molar-refractivity contribution in [2.45, 2.75) is 23.5 Å². The van der Waals surface area contributed by atoms with E-state index in [1.807, 2.05) is 0 Å². The lowest BCUT2D eigenvalue weighted by molar-refractivity contribution is -0.139. The number of nitrogens with two attached hydrogens (primary N) is 1. The van der Waals surface area contributed by atoms with Gasteiger partial charge in [0.15, 0.2) is 0 Å². The largest absolute Gasteiger partial charge is 0.417 e. The molecule has 6 nitrogen and oxygen atoms in total. The van der Waals surface area contributed by atoms with E-state index in [4.69, 9.17) is 16.7 Å². The van der Waals surface area contributed by atoms with E-state index in [0.29, 0.717) is 29.7 Å². The molecule has 3 N–H and O–H groups in total. The molecule has 0 aromatic heterocycles. The number of alkyl halides is 3. The molecular weight excluding hydrogens is 419 g/mol. The van der Waals surface area contributed by atoms with Crippen molar-refractivity contribution in [2.24, 2.45) is 5.14 Å². The van der Waals surface area contributed by atoms with E-state index in [1.54, 1.807) is 24.3 Å². The van der Waals surface area contributed by atoms with Crippen molar-refractivity contribution < 1.29 is 26.4 Å². The van der Waals surface area contributed by atoms with Crippen LogP contribution in [0.4, 0.5) is 24.5 Å². The number of benzene rings is 2. The van der Waals surface area contributed by atoms with Crippen LogP contribution in [0.25, 0.3) is 0 Å². The summed E-state index contributed by atoms with van der Waals surface area (Å²) < 4.78 is 62.5. The van der Waals surface area contributed by atoms with E-state index < -0.39 is 32.7 Å². The first-order valence-electron chi connectivity index (χ1n) is 8.04. The van der Waals surface area contributed by atoms with Crippen LogP contribution >= 0.6 is 11.6 Å². The summed E-state index contributed by atoms with van der Waals surface area (Å²) in [6.45, 7) is 0.359. The molecule has 150 valence electrons. The number of nitrogens with zero attached hydrogens (tertiary/aromatic N) is 1. The minimum absolute atomic E-state index is 0.0361. The van der Waals surface area contributed by atoms with Crippen molar-refractivity contribution >= 4 is 38.9 Å². The highest BCUT2D eigenvalue weighted by atomic mass is 35.5. The maximum Gasteiger partial charge on any atom is 0.417 e. The highest BCUT2D eigenvalue weighted by molar-refractivity contribution is 7.89. The molecule has 1 atom stereocenters. The summed E-state index contributed by atoms with van der Waals surface area (Å²) in [7, 11) is -4.56. The lowest BCUT2D eigenvalue weighted by Crippen LogP contribution is -2.33. The molecule has 1 aliphatic heterocycles. The summed E-state index contributed by atoms with van der Waals surface area (Å²) in [6.07, 6.45) is -4.57. The molecule has 11 heteroatoms. The number of hydrogen-bond donors (Lipinski definition) is 2. The van der Waals surface area contributed by atoms with Crippen LogP contribution in [0.3, 0.4) is 0 Å². The third-order valence-electron chi connectivity index (χ3n) is 4.26. The van der Waals surface area contributed by atoms with E-state index in [2.05, 4.69) is 5.32 Å². The van der Waals surface area contributed by atoms with Gasteiger partial charge in [0, 0.05) is 22.9 Å². The van der Waals surface area contributed by atoms with Gasteiger partial charge < -0.3 is 10.2 Å². The third kappa shape index (κ3) is 4.23. The average molecular weight is 434 g/mol. The Morgan fingerprint density at radius 2 is 1.89 bits per heavy atom. The molecule has 1 unspecified atom stereocenters. The van der Waals surface area contributed by atoms with Crippen molar-refractivity contribution in [1.29, 1.82) is 0 Å². The van der Waals surface area contributed by atoms with E-state index in [9.17, 15) is 26.4 Å². The molecule has 0 saturated carbocycles. The predicted molar refractivity (Wildman–Crippen MR) is 98.6 cm³/mol. The van der Waals surface area contributed by atoms with E-state index >= 15 is 0 Å². The molecule has 2 aromatic carbocycles. The van der Waals surface area contributed by atoms with Crippen LogP contribution in [0, 0.1) is 0 Å². The van der Waals surface area contributed by atoms with Crippen molar-refractivity contribution in [3.63, 3.8) is 0 Å². The Kier molecular flexibility index (Phi) is 5.30. The second kappa shape index (κ2) is 7.26. The number of nitrogens with one attached hydrogen (secondary N) is 1. The van der Waals surface area contributed by atoms with Gasteiger partial charge in [0.25, 0.3) is 0 Å². The highest BCUT2D eigenvalue weighted by Crippen LogP contribution is 2.36. The summed E-state index contributed by atoms with van der Waals surface area (Å²) in [5, 5.41) is 8.06. The molecule has 0 bridgehead atoms. The molecule has 0 radical (unpaired) electrons. The number of primary sulfonamides is 1. The van der Waals surface area contributed by atoms with Gasteiger partial charge in [-0.25, -0.2) is 13.6 Å². The van der Waals surface area contributed by atoms with E-state index in [-0.39, 0.29) is 11.6 Å². The SMILES string of the molecule is NS(=O)(=O)c1ccc(NC2CCN(c3cccc(Cl)c3)C2=O)cc1C(F)(F)F. The smallest absolute Gasteiger partial charge is 0.374 e. The predicted octanol–water partition coefficient (Wildman–Crippen LogP) is 3.22. The fourth-order valence-corrected chi connectivity index (χ4v) is 3.93. The van der Waals surface area contributed by atoms with Gasteiger partial charge in [-0.15, -0.1) is 0 Å². The van der Waals surface area contributed by atoms with Gasteiger partial charge in [-0.3, -0.25) is 4.79 Å². The maximum absolute atomic E-state index is 13.2. The molecule has 28 heavy (non-hydrogen) atoms. The third-order valence-corrected chi connectivity index (χ3v) is 5.46. The lowest BCUT2D eigenvalue weighted by Gasteiger charge is -2.19. The first-order chi connectivity index (χ1) is 13.0. The fraction of sp³-hybridized carbons (Fsp3) is 0.235.